The maximum Gasteiger partial charge on any atom is 0.425 e. The van der Waals surface area contributed by atoms with Crippen LogP contribution in [-0.2, 0) is 15.4 Å². The molecule has 1 amide bonds. The smallest absolute Gasteiger partial charge is 0.356 e. The predicted molar refractivity (Wildman–Crippen MR) is 38.7 cm³/mol. The van der Waals surface area contributed by atoms with Gasteiger partial charge in [-0.15, -0.1) is 12.6 Å². The number of hydrogen-bond donors (Lipinski definition) is 1. The van der Waals surface area contributed by atoms with Gasteiger partial charge in [-0.2, -0.15) is 0 Å². The molecule has 0 aliphatic heterocycles. The lowest BCUT2D eigenvalue weighted by molar-refractivity contribution is -0.118. The topological polar surface area (TPSA) is 80.3 Å². The summed E-state index contributed by atoms with van der Waals surface area (Å²) in [6.45, 7) is 4.35. The third kappa shape index (κ3) is 47.9. The first kappa shape index (κ1) is 12.7. The molecule has 0 aromatic rings. The Labute approximate surface area is 66.9 Å². The molecule has 0 spiro atoms. The highest BCUT2D eigenvalue weighted by molar-refractivity contribution is 7.59. The van der Waals surface area contributed by atoms with Gasteiger partial charge in [0.05, 0.1) is 0 Å². The van der Waals surface area contributed by atoms with Crippen molar-refractivity contribution in [3.8, 4) is 0 Å². The molecule has 6 heteroatoms. The molecule has 0 fully saturated rings. The van der Waals surface area contributed by atoms with Crippen molar-refractivity contribution in [1.82, 2.24) is 5.32 Å². The van der Waals surface area contributed by atoms with E-state index in [-0.39, 0.29) is 5.91 Å². The van der Waals surface area contributed by atoms with E-state index in [1.165, 1.54) is 6.92 Å². The minimum absolute atomic E-state index is 0.0573. The Morgan fingerprint density at radius 3 is 1.82 bits per heavy atom. The van der Waals surface area contributed by atoms with Crippen molar-refractivity contribution in [2.45, 2.75) is 20.3 Å². The summed E-state index contributed by atoms with van der Waals surface area (Å²) < 4.78 is 25.3. The molecule has 0 heterocycles. The van der Waals surface area contributed by atoms with Crippen LogP contribution in [0.5, 0.6) is 0 Å². The summed E-state index contributed by atoms with van der Waals surface area (Å²) in [5.41, 5.74) is 0. The standard InChI is InChI=1S/C5H11NO.O3S/c1-3-4-6-5(2)7;1-4(2)3/h3-4H2,1-2H3,(H,6,7);. The summed E-state index contributed by atoms with van der Waals surface area (Å²) in [7, 11) is -3.11. The number of carbonyl (C=O) groups is 1. The van der Waals surface area contributed by atoms with Gasteiger partial charge in [-0.3, -0.25) is 4.79 Å². The SMILES string of the molecule is CCCNC(C)=O.O=S(=O)=O. The van der Waals surface area contributed by atoms with Gasteiger partial charge < -0.3 is 5.32 Å². The Balaban J connectivity index is 0. The molecule has 0 atom stereocenters. The van der Waals surface area contributed by atoms with Crippen LogP contribution in [0.25, 0.3) is 0 Å². The maximum absolute atomic E-state index is 10.1. The third-order valence-corrected chi connectivity index (χ3v) is 0.624. The van der Waals surface area contributed by atoms with E-state index in [2.05, 4.69) is 5.32 Å². The van der Waals surface area contributed by atoms with Gasteiger partial charge in [0.2, 0.25) is 5.91 Å². The second-order valence-corrected chi connectivity index (χ2v) is 2.10. The van der Waals surface area contributed by atoms with E-state index in [1.54, 1.807) is 0 Å². The minimum atomic E-state index is -3.11. The number of rotatable bonds is 2. The van der Waals surface area contributed by atoms with E-state index < -0.39 is 10.6 Å². The number of amides is 1. The molecule has 0 unspecified atom stereocenters. The number of carbonyl (C=O) groups excluding carboxylic acids is 1. The van der Waals surface area contributed by atoms with Crippen LogP contribution in [0, 0.1) is 0 Å². The first-order valence-corrected chi connectivity index (χ1v) is 4.01. The van der Waals surface area contributed by atoms with Crippen LogP contribution in [0.15, 0.2) is 0 Å². The second kappa shape index (κ2) is 9.09. The van der Waals surface area contributed by atoms with Crippen molar-refractivity contribution >= 4 is 16.5 Å². The highest BCUT2D eigenvalue weighted by Gasteiger charge is 1.83. The molecule has 0 radical (unpaired) electrons. The molecule has 1 N–H and O–H groups in total. The molecule has 66 valence electrons. The molecule has 0 saturated carbocycles. The van der Waals surface area contributed by atoms with Crippen molar-refractivity contribution in [2.75, 3.05) is 6.54 Å². The van der Waals surface area contributed by atoms with Gasteiger partial charge in [-0.05, 0) is 6.42 Å². The Morgan fingerprint density at radius 1 is 1.36 bits per heavy atom. The molecular weight excluding hydrogens is 170 g/mol. The van der Waals surface area contributed by atoms with E-state index in [0.717, 1.165) is 13.0 Å². The monoisotopic (exact) mass is 181 g/mol. The maximum atomic E-state index is 10.1. The Bertz CT molecular complexity index is 187. The van der Waals surface area contributed by atoms with Gasteiger partial charge in [0.15, 0.2) is 0 Å². The highest BCUT2D eigenvalue weighted by atomic mass is 32.2. The van der Waals surface area contributed by atoms with Gasteiger partial charge >= 0.3 is 10.6 Å². The summed E-state index contributed by atoms with van der Waals surface area (Å²) in [6.07, 6.45) is 1.01. The zero-order valence-electron chi connectivity index (χ0n) is 6.46. The van der Waals surface area contributed by atoms with Crippen LogP contribution in [0.1, 0.15) is 20.3 Å². The normalized spacial score (nSPS) is 7.45. The fraction of sp³-hybridized carbons (Fsp3) is 0.800. The molecule has 0 aromatic carbocycles. The van der Waals surface area contributed by atoms with E-state index in [4.69, 9.17) is 12.6 Å². The van der Waals surface area contributed by atoms with E-state index in [0.29, 0.717) is 0 Å². The first-order chi connectivity index (χ1) is 5.00. The van der Waals surface area contributed by atoms with Crippen molar-refractivity contribution in [1.29, 1.82) is 0 Å². The Kier molecular flexibility index (Phi) is 10.5. The summed E-state index contributed by atoms with van der Waals surface area (Å²) in [4.78, 5) is 10.1. The molecule has 0 saturated heterocycles. The predicted octanol–water partition coefficient (Wildman–Crippen LogP) is -0.472. The summed E-state index contributed by atoms with van der Waals surface area (Å²) in [6, 6.07) is 0. The summed E-state index contributed by atoms with van der Waals surface area (Å²) >= 11 is 0. The fourth-order valence-electron chi connectivity index (χ4n) is 0.301. The number of nitrogens with one attached hydrogen (secondary N) is 1. The van der Waals surface area contributed by atoms with Crippen molar-refractivity contribution < 1.29 is 17.4 Å². The van der Waals surface area contributed by atoms with Gasteiger partial charge in [0.25, 0.3) is 0 Å². The zero-order chi connectivity index (χ0) is 9.28. The Hall–Kier alpha value is -0.910. The van der Waals surface area contributed by atoms with Crippen LogP contribution in [0.2, 0.25) is 0 Å². The largest absolute Gasteiger partial charge is 0.425 e. The van der Waals surface area contributed by atoms with E-state index in [9.17, 15) is 4.79 Å². The minimum Gasteiger partial charge on any atom is -0.356 e. The van der Waals surface area contributed by atoms with Gasteiger partial charge in [-0.1, -0.05) is 6.92 Å². The molecule has 0 rings (SSSR count). The van der Waals surface area contributed by atoms with E-state index >= 15 is 0 Å². The third-order valence-electron chi connectivity index (χ3n) is 0.624. The summed E-state index contributed by atoms with van der Waals surface area (Å²) in [5, 5.41) is 2.66. The van der Waals surface area contributed by atoms with Crippen LogP contribution in [0.4, 0.5) is 0 Å². The van der Waals surface area contributed by atoms with Crippen LogP contribution >= 0.6 is 0 Å². The molecule has 11 heavy (non-hydrogen) atoms. The van der Waals surface area contributed by atoms with Crippen LogP contribution < -0.4 is 5.32 Å². The Morgan fingerprint density at radius 2 is 1.73 bits per heavy atom. The first-order valence-electron chi connectivity index (χ1n) is 3.01. The molecule has 0 aliphatic carbocycles. The fourth-order valence-corrected chi connectivity index (χ4v) is 0.301. The summed E-state index contributed by atoms with van der Waals surface area (Å²) in [5.74, 6) is 0.0573. The molecule has 0 aliphatic rings. The van der Waals surface area contributed by atoms with E-state index in [1.807, 2.05) is 6.92 Å². The lowest BCUT2D eigenvalue weighted by Crippen LogP contribution is -2.19. The molecular formula is C5H11NO4S. The van der Waals surface area contributed by atoms with Gasteiger partial charge in [-0.25, -0.2) is 0 Å². The molecule has 0 aromatic heterocycles. The van der Waals surface area contributed by atoms with Crippen molar-refractivity contribution in [3.05, 3.63) is 0 Å². The highest BCUT2D eigenvalue weighted by Crippen LogP contribution is 1.67. The second-order valence-electron chi connectivity index (χ2n) is 1.69. The van der Waals surface area contributed by atoms with Gasteiger partial charge in [0, 0.05) is 13.5 Å². The lowest BCUT2D eigenvalue weighted by Gasteiger charge is -1.93. The lowest BCUT2D eigenvalue weighted by atomic mass is 10.5. The quantitative estimate of drug-likeness (QED) is 0.624. The van der Waals surface area contributed by atoms with Gasteiger partial charge in [0.1, 0.15) is 0 Å². The van der Waals surface area contributed by atoms with Crippen molar-refractivity contribution in [2.24, 2.45) is 0 Å². The van der Waals surface area contributed by atoms with Crippen molar-refractivity contribution in [3.63, 3.8) is 0 Å². The number of hydrogen-bond acceptors (Lipinski definition) is 4. The molecule has 5 nitrogen and oxygen atoms in total. The average Bonchev–Trinajstić information content (AvgIpc) is 1.82. The average molecular weight is 181 g/mol. The zero-order valence-corrected chi connectivity index (χ0v) is 7.27. The van der Waals surface area contributed by atoms with Crippen LogP contribution in [-0.4, -0.2) is 25.1 Å². The van der Waals surface area contributed by atoms with Crippen LogP contribution in [0.3, 0.4) is 0 Å². The molecule has 0 bridgehead atoms.